The molecule has 0 aromatic heterocycles. The lowest BCUT2D eigenvalue weighted by Crippen LogP contribution is -2.59. The first-order valence-electron chi connectivity index (χ1n) is 12.0. The fraction of sp³-hybridized carbons (Fsp3) is 0.500. The third kappa shape index (κ3) is 3.61. The summed E-state index contributed by atoms with van der Waals surface area (Å²) >= 11 is 6.45. The molecule has 9 heteroatoms. The maximum atomic E-state index is 14.3. The van der Waals surface area contributed by atoms with Gasteiger partial charge in [-0.15, -0.1) is 0 Å². The van der Waals surface area contributed by atoms with Gasteiger partial charge in [0.25, 0.3) is 5.91 Å². The van der Waals surface area contributed by atoms with Crippen LogP contribution in [0.2, 0.25) is 5.02 Å². The number of carbonyl (C=O) groups is 3. The molecule has 1 N–H and O–H groups in total. The van der Waals surface area contributed by atoms with E-state index in [-0.39, 0.29) is 37.5 Å². The highest BCUT2D eigenvalue weighted by Crippen LogP contribution is 2.54. The highest BCUT2D eigenvalue weighted by atomic mass is 35.5. The monoisotopic (exact) mass is 500 g/mol. The Morgan fingerprint density at radius 3 is 2.66 bits per heavy atom. The molecule has 35 heavy (non-hydrogen) atoms. The number of fused-ring (bicyclic) bond motifs is 2. The first kappa shape index (κ1) is 24.0. The van der Waals surface area contributed by atoms with Crippen molar-refractivity contribution in [1.82, 2.24) is 4.90 Å². The number of carbonyl (C=O) groups excluding carboxylic acids is 3. The number of aliphatic hydroxyl groups is 1. The first-order valence-corrected chi connectivity index (χ1v) is 12.4. The standard InChI is InChI=1S/C26H29ClN2O6/c1-15(2)18(14-30)29-22-24(32)28(17-9-4-3-8-16(17)27)12-7-11-26(22)21(23(29)31)20-19(35-26)10-5-6-13-34-25(20)33/h3-5,7-11,15,18-22,30H,6,12-14H2,1-2H3/t18-,19+,20-,21-,22?,26-/m0/s1. The molecule has 1 aromatic carbocycles. The molecule has 1 unspecified atom stereocenters. The Labute approximate surface area is 209 Å². The molecular weight excluding hydrogens is 472 g/mol. The van der Waals surface area contributed by atoms with Crippen LogP contribution in [0.3, 0.4) is 0 Å². The van der Waals surface area contributed by atoms with E-state index in [1.165, 1.54) is 9.80 Å². The molecule has 0 radical (unpaired) electrons. The van der Waals surface area contributed by atoms with Gasteiger partial charge >= 0.3 is 5.97 Å². The van der Waals surface area contributed by atoms with Crippen LogP contribution in [-0.4, -0.2) is 71.3 Å². The van der Waals surface area contributed by atoms with E-state index in [1.807, 2.05) is 19.9 Å². The van der Waals surface area contributed by atoms with Crippen LogP contribution in [0.5, 0.6) is 0 Å². The molecule has 2 amide bonds. The summed E-state index contributed by atoms with van der Waals surface area (Å²) < 4.78 is 12.0. The van der Waals surface area contributed by atoms with Crippen LogP contribution in [0.4, 0.5) is 5.69 Å². The molecule has 0 saturated carbocycles. The maximum absolute atomic E-state index is 14.3. The minimum absolute atomic E-state index is 0.145. The second-order valence-corrected chi connectivity index (χ2v) is 10.2. The van der Waals surface area contributed by atoms with E-state index >= 15 is 0 Å². The van der Waals surface area contributed by atoms with E-state index in [1.54, 1.807) is 42.5 Å². The Morgan fingerprint density at radius 1 is 1.17 bits per heavy atom. The molecule has 0 bridgehead atoms. The Kier molecular flexibility index (Phi) is 6.23. The number of amides is 2. The van der Waals surface area contributed by atoms with Crippen LogP contribution in [0, 0.1) is 17.8 Å². The molecule has 1 spiro atoms. The summed E-state index contributed by atoms with van der Waals surface area (Å²) in [5, 5.41) is 10.7. The van der Waals surface area contributed by atoms with Gasteiger partial charge in [0.2, 0.25) is 5.91 Å². The molecule has 8 nitrogen and oxygen atoms in total. The van der Waals surface area contributed by atoms with E-state index < -0.39 is 41.6 Å². The predicted octanol–water partition coefficient (Wildman–Crippen LogP) is 2.34. The van der Waals surface area contributed by atoms with E-state index in [9.17, 15) is 19.5 Å². The van der Waals surface area contributed by atoms with Crippen LogP contribution in [0.1, 0.15) is 20.3 Å². The quantitative estimate of drug-likeness (QED) is 0.503. The zero-order valence-electron chi connectivity index (χ0n) is 19.7. The summed E-state index contributed by atoms with van der Waals surface area (Å²) in [7, 11) is 0. The molecule has 4 heterocycles. The van der Waals surface area contributed by atoms with Gasteiger partial charge in [-0.25, -0.2) is 0 Å². The number of ether oxygens (including phenoxy) is 2. The largest absolute Gasteiger partial charge is 0.465 e. The lowest BCUT2D eigenvalue weighted by molar-refractivity contribution is -0.155. The Morgan fingerprint density at radius 2 is 1.94 bits per heavy atom. The van der Waals surface area contributed by atoms with Crippen molar-refractivity contribution in [3.05, 3.63) is 53.6 Å². The number of anilines is 1. The topological polar surface area (TPSA) is 96.4 Å². The van der Waals surface area contributed by atoms with Crippen LogP contribution in [0.25, 0.3) is 0 Å². The number of likely N-dealkylation sites (tertiary alicyclic amines) is 1. The number of aliphatic hydroxyl groups excluding tert-OH is 1. The van der Waals surface area contributed by atoms with Crippen molar-refractivity contribution in [2.24, 2.45) is 17.8 Å². The van der Waals surface area contributed by atoms with Gasteiger partial charge in [-0.1, -0.05) is 61.9 Å². The fourth-order valence-electron chi connectivity index (χ4n) is 5.91. The van der Waals surface area contributed by atoms with Gasteiger partial charge in [0.15, 0.2) is 0 Å². The summed E-state index contributed by atoms with van der Waals surface area (Å²) in [6, 6.07) is 5.30. The van der Waals surface area contributed by atoms with Gasteiger partial charge in [-0.05, 0) is 24.5 Å². The second kappa shape index (κ2) is 9.08. The van der Waals surface area contributed by atoms with Crippen molar-refractivity contribution in [3.63, 3.8) is 0 Å². The summed E-state index contributed by atoms with van der Waals surface area (Å²) in [5.74, 6) is -3.25. The minimum atomic E-state index is -1.38. The van der Waals surface area contributed by atoms with E-state index in [4.69, 9.17) is 21.1 Å². The van der Waals surface area contributed by atoms with E-state index in [0.29, 0.717) is 17.1 Å². The number of cyclic esters (lactones) is 1. The average Bonchev–Trinajstić information content (AvgIpc) is 3.19. The Balaban J connectivity index is 1.68. The van der Waals surface area contributed by atoms with Crippen molar-refractivity contribution >= 4 is 35.1 Å². The summed E-state index contributed by atoms with van der Waals surface area (Å²) in [5.41, 5.74) is -0.861. The number of esters is 1. The van der Waals surface area contributed by atoms with Crippen molar-refractivity contribution < 1.29 is 29.0 Å². The van der Waals surface area contributed by atoms with Crippen LogP contribution >= 0.6 is 11.6 Å². The fourth-order valence-corrected chi connectivity index (χ4v) is 6.15. The van der Waals surface area contributed by atoms with Crippen LogP contribution < -0.4 is 4.90 Å². The Hall–Kier alpha value is -2.68. The van der Waals surface area contributed by atoms with Crippen LogP contribution in [-0.2, 0) is 23.9 Å². The van der Waals surface area contributed by atoms with Gasteiger partial charge in [0, 0.05) is 6.54 Å². The van der Waals surface area contributed by atoms with E-state index in [0.717, 1.165) is 0 Å². The number of benzene rings is 1. The molecule has 0 aliphatic carbocycles. The van der Waals surface area contributed by atoms with E-state index in [2.05, 4.69) is 0 Å². The highest BCUT2D eigenvalue weighted by molar-refractivity contribution is 6.34. The molecule has 1 aromatic rings. The number of hydrogen-bond acceptors (Lipinski definition) is 6. The van der Waals surface area contributed by atoms with Gasteiger partial charge in [0.05, 0.1) is 42.0 Å². The smallest absolute Gasteiger partial charge is 0.312 e. The molecular formula is C26H29ClN2O6. The van der Waals surface area contributed by atoms with Crippen molar-refractivity contribution in [1.29, 1.82) is 0 Å². The predicted molar refractivity (Wildman–Crippen MR) is 129 cm³/mol. The number of rotatable bonds is 4. The molecule has 5 rings (SSSR count). The van der Waals surface area contributed by atoms with Crippen molar-refractivity contribution in [3.8, 4) is 0 Å². The molecule has 4 aliphatic heterocycles. The number of halogens is 1. The lowest BCUT2D eigenvalue weighted by atomic mass is 9.77. The summed E-state index contributed by atoms with van der Waals surface area (Å²) in [6.45, 7) is 3.88. The van der Waals surface area contributed by atoms with Gasteiger partial charge in [-0.3, -0.25) is 14.4 Å². The molecule has 2 saturated heterocycles. The third-order valence-corrected chi connectivity index (χ3v) is 7.84. The maximum Gasteiger partial charge on any atom is 0.312 e. The first-order chi connectivity index (χ1) is 16.8. The second-order valence-electron chi connectivity index (χ2n) is 9.77. The average molecular weight is 501 g/mol. The zero-order chi connectivity index (χ0) is 24.9. The Bertz CT molecular complexity index is 1100. The van der Waals surface area contributed by atoms with Gasteiger partial charge < -0.3 is 24.4 Å². The number of para-hydroxylation sites is 1. The summed E-state index contributed by atoms with van der Waals surface area (Å²) in [4.78, 5) is 44.4. The number of hydrogen-bond donors (Lipinski definition) is 1. The molecule has 4 aliphatic rings. The third-order valence-electron chi connectivity index (χ3n) is 7.52. The van der Waals surface area contributed by atoms with Gasteiger partial charge in [-0.2, -0.15) is 0 Å². The number of nitrogens with zero attached hydrogens (tertiary/aromatic N) is 2. The van der Waals surface area contributed by atoms with Crippen molar-refractivity contribution in [2.75, 3.05) is 24.7 Å². The normalized spacial score (nSPS) is 33.1. The molecule has 2 fully saturated rings. The van der Waals surface area contributed by atoms with Crippen LogP contribution in [0.15, 0.2) is 48.6 Å². The van der Waals surface area contributed by atoms with Gasteiger partial charge in [0.1, 0.15) is 17.6 Å². The highest BCUT2D eigenvalue weighted by Gasteiger charge is 2.72. The van der Waals surface area contributed by atoms with Crippen molar-refractivity contribution in [2.45, 2.75) is 44.1 Å². The minimum Gasteiger partial charge on any atom is -0.465 e. The summed E-state index contributed by atoms with van der Waals surface area (Å²) in [6.07, 6.45) is 7.08. The zero-order valence-corrected chi connectivity index (χ0v) is 20.4. The SMILES string of the molecule is CC(C)[C@H](CO)N1C(=O)[C@@H]2[C@H]3C(=O)OCCC=C[C@H]3O[C@@]23C=CCN(c2ccccc2Cl)C(=O)C13. The molecule has 6 atom stereocenters. The molecule has 186 valence electrons. The lowest BCUT2D eigenvalue weighted by Gasteiger charge is -2.40.